The van der Waals surface area contributed by atoms with Crippen LogP contribution < -0.4 is 10.6 Å². The van der Waals surface area contributed by atoms with E-state index in [-0.39, 0.29) is 0 Å². The highest BCUT2D eigenvalue weighted by Crippen LogP contribution is 2.08. The topological polar surface area (TPSA) is 37.0 Å². The summed E-state index contributed by atoms with van der Waals surface area (Å²) >= 11 is 1.70. The van der Waals surface area contributed by atoms with Crippen LogP contribution in [0.25, 0.3) is 0 Å². The van der Waals surface area contributed by atoms with Gasteiger partial charge >= 0.3 is 0 Å². The molecule has 1 heterocycles. The minimum Gasteiger partial charge on any atom is -0.314 e. The van der Waals surface area contributed by atoms with Crippen molar-refractivity contribution in [2.45, 2.75) is 13.1 Å². The average Bonchev–Trinajstić information content (AvgIpc) is 2.38. The molecule has 1 aromatic rings. The van der Waals surface area contributed by atoms with Crippen molar-refractivity contribution >= 4 is 11.3 Å². The Morgan fingerprint density at radius 3 is 2.73 bits per heavy atom. The van der Waals surface area contributed by atoms with Gasteiger partial charge in [-0.05, 0) is 14.1 Å². The molecule has 3 nitrogen and oxygen atoms in total. The Bertz CT molecular complexity index is 189. The van der Waals surface area contributed by atoms with Crippen molar-refractivity contribution in [3.05, 3.63) is 16.1 Å². The van der Waals surface area contributed by atoms with Crippen LogP contribution in [-0.4, -0.2) is 19.1 Å². The SMILES string of the molecule is CNCc1csc(CNC)n1. The van der Waals surface area contributed by atoms with E-state index in [2.05, 4.69) is 21.0 Å². The maximum atomic E-state index is 4.38. The Morgan fingerprint density at radius 1 is 1.36 bits per heavy atom. The summed E-state index contributed by atoms with van der Waals surface area (Å²) in [4.78, 5) is 4.38. The lowest BCUT2D eigenvalue weighted by atomic mass is 10.5. The lowest BCUT2D eigenvalue weighted by Gasteiger charge is -1.92. The summed E-state index contributed by atoms with van der Waals surface area (Å²) in [6.45, 7) is 1.73. The molecule has 4 heteroatoms. The first-order valence-corrected chi connectivity index (χ1v) is 4.47. The van der Waals surface area contributed by atoms with Gasteiger partial charge in [0.1, 0.15) is 5.01 Å². The first-order valence-electron chi connectivity index (χ1n) is 3.59. The van der Waals surface area contributed by atoms with Crippen LogP contribution in [0.1, 0.15) is 10.7 Å². The summed E-state index contributed by atoms with van der Waals surface area (Å²) in [5, 5.41) is 9.37. The van der Waals surface area contributed by atoms with E-state index in [1.807, 2.05) is 14.1 Å². The molecule has 0 bridgehead atoms. The Balaban J connectivity index is 2.51. The van der Waals surface area contributed by atoms with Gasteiger partial charge in [-0.2, -0.15) is 0 Å². The van der Waals surface area contributed by atoms with Crippen LogP contribution in [0.2, 0.25) is 0 Å². The second-order valence-electron chi connectivity index (χ2n) is 2.29. The molecule has 11 heavy (non-hydrogen) atoms. The van der Waals surface area contributed by atoms with E-state index in [4.69, 9.17) is 0 Å². The van der Waals surface area contributed by atoms with E-state index in [9.17, 15) is 0 Å². The third-order valence-corrected chi connectivity index (χ3v) is 2.18. The van der Waals surface area contributed by atoms with Crippen LogP contribution in [0.4, 0.5) is 0 Å². The average molecular weight is 171 g/mol. The van der Waals surface area contributed by atoms with Gasteiger partial charge in [-0.1, -0.05) is 0 Å². The molecular formula is C7H13N3S. The Hall–Kier alpha value is -0.450. The van der Waals surface area contributed by atoms with Crippen LogP contribution in [0.5, 0.6) is 0 Å². The maximum absolute atomic E-state index is 4.38. The van der Waals surface area contributed by atoms with Gasteiger partial charge in [0, 0.05) is 18.5 Å². The highest BCUT2D eigenvalue weighted by molar-refractivity contribution is 7.09. The van der Waals surface area contributed by atoms with Crippen molar-refractivity contribution in [3.63, 3.8) is 0 Å². The molecule has 0 fully saturated rings. The van der Waals surface area contributed by atoms with Crippen molar-refractivity contribution < 1.29 is 0 Å². The monoisotopic (exact) mass is 171 g/mol. The molecule has 0 aromatic carbocycles. The lowest BCUT2D eigenvalue weighted by Crippen LogP contribution is -2.07. The number of hydrogen-bond donors (Lipinski definition) is 2. The van der Waals surface area contributed by atoms with E-state index in [0.29, 0.717) is 0 Å². The van der Waals surface area contributed by atoms with Crippen molar-refractivity contribution in [1.82, 2.24) is 15.6 Å². The van der Waals surface area contributed by atoms with Crippen molar-refractivity contribution in [2.75, 3.05) is 14.1 Å². The molecule has 0 aliphatic heterocycles. The van der Waals surface area contributed by atoms with Gasteiger partial charge in [0.2, 0.25) is 0 Å². The predicted octanol–water partition coefficient (Wildman–Crippen LogP) is 0.582. The van der Waals surface area contributed by atoms with Gasteiger partial charge in [0.15, 0.2) is 0 Å². The number of rotatable bonds is 4. The minimum absolute atomic E-state index is 0.861. The summed E-state index contributed by atoms with van der Waals surface area (Å²) in [6.07, 6.45) is 0. The number of aromatic nitrogens is 1. The van der Waals surface area contributed by atoms with Gasteiger partial charge in [-0.25, -0.2) is 4.98 Å². The lowest BCUT2D eigenvalue weighted by molar-refractivity contribution is 0.770. The van der Waals surface area contributed by atoms with E-state index in [0.717, 1.165) is 23.8 Å². The fourth-order valence-electron chi connectivity index (χ4n) is 0.844. The molecule has 0 atom stereocenters. The quantitative estimate of drug-likeness (QED) is 0.696. The highest BCUT2D eigenvalue weighted by Gasteiger charge is 1.98. The van der Waals surface area contributed by atoms with Crippen LogP contribution >= 0.6 is 11.3 Å². The second kappa shape index (κ2) is 4.43. The molecule has 2 N–H and O–H groups in total. The first-order chi connectivity index (χ1) is 5.36. The molecule has 0 unspecified atom stereocenters. The van der Waals surface area contributed by atoms with Crippen molar-refractivity contribution in [3.8, 4) is 0 Å². The molecule has 62 valence electrons. The standard InChI is InChI=1S/C7H13N3S/c1-8-3-6-5-11-7(10-6)4-9-2/h5,8-9H,3-4H2,1-2H3. The zero-order valence-electron chi connectivity index (χ0n) is 6.85. The van der Waals surface area contributed by atoms with E-state index in [1.54, 1.807) is 11.3 Å². The summed E-state index contributed by atoms with van der Waals surface area (Å²) < 4.78 is 0. The number of nitrogens with one attached hydrogen (secondary N) is 2. The van der Waals surface area contributed by atoms with Gasteiger partial charge in [0.05, 0.1) is 5.69 Å². The maximum Gasteiger partial charge on any atom is 0.107 e. The van der Waals surface area contributed by atoms with Crippen LogP contribution in [0.3, 0.4) is 0 Å². The largest absolute Gasteiger partial charge is 0.314 e. The number of hydrogen-bond acceptors (Lipinski definition) is 4. The van der Waals surface area contributed by atoms with Crippen LogP contribution in [0.15, 0.2) is 5.38 Å². The fraction of sp³-hybridized carbons (Fsp3) is 0.571. The minimum atomic E-state index is 0.861. The van der Waals surface area contributed by atoms with E-state index < -0.39 is 0 Å². The molecule has 1 aromatic heterocycles. The summed E-state index contributed by atoms with van der Waals surface area (Å²) in [6, 6.07) is 0. The van der Waals surface area contributed by atoms with Crippen LogP contribution in [-0.2, 0) is 13.1 Å². The Kier molecular flexibility index (Phi) is 3.48. The summed E-state index contributed by atoms with van der Waals surface area (Å²) in [5.74, 6) is 0. The first kappa shape index (κ1) is 8.64. The zero-order valence-corrected chi connectivity index (χ0v) is 7.66. The Labute approximate surface area is 70.9 Å². The number of thiazole rings is 1. The van der Waals surface area contributed by atoms with E-state index in [1.165, 1.54) is 0 Å². The van der Waals surface area contributed by atoms with Crippen LogP contribution in [0, 0.1) is 0 Å². The molecule has 0 saturated carbocycles. The zero-order chi connectivity index (χ0) is 8.10. The molecule has 0 aliphatic carbocycles. The molecular weight excluding hydrogens is 158 g/mol. The Morgan fingerprint density at radius 2 is 2.09 bits per heavy atom. The van der Waals surface area contributed by atoms with Gasteiger partial charge < -0.3 is 10.6 Å². The third-order valence-electron chi connectivity index (χ3n) is 1.29. The highest BCUT2D eigenvalue weighted by atomic mass is 32.1. The molecule has 0 aliphatic rings. The summed E-state index contributed by atoms with van der Waals surface area (Å²) in [5.41, 5.74) is 1.13. The smallest absolute Gasteiger partial charge is 0.107 e. The fourth-order valence-corrected chi connectivity index (χ4v) is 1.65. The molecule has 0 amide bonds. The molecule has 1 rings (SSSR count). The summed E-state index contributed by atoms with van der Waals surface area (Å²) in [7, 11) is 3.86. The van der Waals surface area contributed by atoms with Crippen molar-refractivity contribution in [1.29, 1.82) is 0 Å². The predicted molar refractivity (Wildman–Crippen MR) is 47.6 cm³/mol. The molecule has 0 saturated heterocycles. The second-order valence-corrected chi connectivity index (χ2v) is 3.24. The van der Waals surface area contributed by atoms with Gasteiger partial charge in [-0.15, -0.1) is 11.3 Å². The van der Waals surface area contributed by atoms with Gasteiger partial charge in [0.25, 0.3) is 0 Å². The third kappa shape index (κ3) is 2.57. The normalized spacial score (nSPS) is 10.4. The van der Waals surface area contributed by atoms with E-state index >= 15 is 0 Å². The van der Waals surface area contributed by atoms with Crippen molar-refractivity contribution in [2.24, 2.45) is 0 Å². The molecule has 0 radical (unpaired) electrons. The molecule has 0 spiro atoms. The van der Waals surface area contributed by atoms with Gasteiger partial charge in [-0.3, -0.25) is 0 Å². The number of nitrogens with zero attached hydrogens (tertiary/aromatic N) is 1.